The van der Waals surface area contributed by atoms with Crippen molar-refractivity contribution in [2.75, 3.05) is 9.80 Å². The summed E-state index contributed by atoms with van der Waals surface area (Å²) < 4.78 is 0. The summed E-state index contributed by atoms with van der Waals surface area (Å²) in [6, 6.07) is 49.8. The molecule has 0 bridgehead atoms. The molecule has 0 aliphatic rings. The largest absolute Gasteiger partial charge is 0.310 e. The van der Waals surface area contributed by atoms with Crippen molar-refractivity contribution in [1.82, 2.24) is 9.97 Å². The van der Waals surface area contributed by atoms with Gasteiger partial charge in [0.25, 0.3) is 0 Å². The average Bonchev–Trinajstić information content (AvgIpc) is 3.12. The standard InChI is InChI=1S/C43H36N4/c1-31-4-7-34(8-5-31)35-9-16-38(17-10-35)46(41-22-26-44-27-23-41)39-18-11-36(12-19-39)37-13-20-40(21-14-37)47(42-24-28-45-29-25-42)43-15-6-32(2)33(3)30-43/h4-30H,1-3H3. The molecule has 0 spiro atoms. The van der Waals surface area contributed by atoms with Crippen LogP contribution in [0.2, 0.25) is 0 Å². The van der Waals surface area contributed by atoms with E-state index in [1.807, 2.05) is 49.1 Å². The van der Waals surface area contributed by atoms with E-state index in [4.69, 9.17) is 0 Å². The Labute approximate surface area is 277 Å². The van der Waals surface area contributed by atoms with Crippen molar-refractivity contribution in [2.45, 2.75) is 20.8 Å². The first-order valence-electron chi connectivity index (χ1n) is 15.9. The van der Waals surface area contributed by atoms with Crippen LogP contribution in [0.3, 0.4) is 0 Å². The number of nitrogens with zero attached hydrogens (tertiary/aromatic N) is 4. The molecule has 0 saturated heterocycles. The summed E-state index contributed by atoms with van der Waals surface area (Å²) in [6.45, 7) is 6.42. The van der Waals surface area contributed by atoms with Crippen molar-refractivity contribution in [3.8, 4) is 22.3 Å². The third kappa shape index (κ3) is 6.40. The van der Waals surface area contributed by atoms with Crippen LogP contribution in [0.4, 0.5) is 34.1 Å². The van der Waals surface area contributed by atoms with E-state index < -0.39 is 0 Å². The van der Waals surface area contributed by atoms with Gasteiger partial charge in [0.1, 0.15) is 0 Å². The van der Waals surface area contributed by atoms with Crippen LogP contribution in [0.25, 0.3) is 22.3 Å². The number of rotatable bonds is 8. The molecule has 2 heterocycles. The van der Waals surface area contributed by atoms with Crippen LogP contribution in [0.1, 0.15) is 16.7 Å². The summed E-state index contributed by atoms with van der Waals surface area (Å²) in [5, 5.41) is 0. The summed E-state index contributed by atoms with van der Waals surface area (Å²) in [4.78, 5) is 13.0. The lowest BCUT2D eigenvalue weighted by atomic mass is 10.0. The minimum Gasteiger partial charge on any atom is -0.310 e. The first-order valence-corrected chi connectivity index (χ1v) is 15.9. The predicted molar refractivity (Wildman–Crippen MR) is 196 cm³/mol. The van der Waals surface area contributed by atoms with E-state index in [1.54, 1.807) is 0 Å². The Bertz CT molecular complexity index is 2070. The Morgan fingerprint density at radius 1 is 0.319 bits per heavy atom. The number of anilines is 6. The van der Waals surface area contributed by atoms with Crippen molar-refractivity contribution < 1.29 is 0 Å². The lowest BCUT2D eigenvalue weighted by molar-refractivity contribution is 1.23. The van der Waals surface area contributed by atoms with E-state index in [0.29, 0.717) is 0 Å². The maximum Gasteiger partial charge on any atom is 0.0492 e. The predicted octanol–water partition coefficient (Wildman–Crippen LogP) is 11.7. The minimum absolute atomic E-state index is 1.06. The van der Waals surface area contributed by atoms with Crippen molar-refractivity contribution in [2.24, 2.45) is 0 Å². The van der Waals surface area contributed by atoms with Gasteiger partial charge >= 0.3 is 0 Å². The lowest BCUT2D eigenvalue weighted by Gasteiger charge is -2.26. The Kier molecular flexibility index (Phi) is 8.31. The molecule has 0 N–H and O–H groups in total. The van der Waals surface area contributed by atoms with Crippen molar-refractivity contribution in [1.29, 1.82) is 0 Å². The molecule has 2 aromatic heterocycles. The monoisotopic (exact) mass is 608 g/mol. The lowest BCUT2D eigenvalue weighted by Crippen LogP contribution is -2.10. The molecule has 0 atom stereocenters. The zero-order chi connectivity index (χ0) is 32.2. The van der Waals surface area contributed by atoms with Crippen LogP contribution in [-0.4, -0.2) is 9.97 Å². The molecule has 5 aromatic carbocycles. The van der Waals surface area contributed by atoms with Gasteiger partial charge in [0.15, 0.2) is 0 Å². The van der Waals surface area contributed by atoms with Gasteiger partial charge in [-0.25, -0.2) is 0 Å². The number of aromatic nitrogens is 2. The van der Waals surface area contributed by atoms with Gasteiger partial charge in [-0.3, -0.25) is 9.97 Å². The fourth-order valence-electron chi connectivity index (χ4n) is 5.90. The number of hydrogen-bond acceptors (Lipinski definition) is 4. The van der Waals surface area contributed by atoms with Gasteiger partial charge in [-0.05, 0) is 127 Å². The van der Waals surface area contributed by atoms with Crippen LogP contribution >= 0.6 is 0 Å². The quantitative estimate of drug-likeness (QED) is 0.172. The zero-order valence-electron chi connectivity index (χ0n) is 26.9. The Hall–Kier alpha value is -6.00. The second kappa shape index (κ2) is 13.2. The first-order chi connectivity index (χ1) is 23.0. The SMILES string of the molecule is Cc1ccc(-c2ccc(N(c3ccncc3)c3ccc(-c4ccc(N(c5ccncc5)c5ccc(C)c(C)c5)cc4)cc3)cc2)cc1. The van der Waals surface area contributed by atoms with Gasteiger partial charge in [0.2, 0.25) is 0 Å². The number of hydrogen-bond donors (Lipinski definition) is 0. The van der Waals surface area contributed by atoms with E-state index in [-0.39, 0.29) is 0 Å². The number of benzene rings is 5. The van der Waals surface area contributed by atoms with Gasteiger partial charge < -0.3 is 9.80 Å². The summed E-state index contributed by atoms with van der Waals surface area (Å²) in [6.07, 6.45) is 7.36. The second-order valence-electron chi connectivity index (χ2n) is 11.9. The van der Waals surface area contributed by atoms with Crippen LogP contribution in [0.15, 0.2) is 164 Å². The molecule has 0 saturated carbocycles. The molecular weight excluding hydrogens is 573 g/mol. The number of pyridine rings is 2. The molecule has 0 aliphatic carbocycles. The van der Waals surface area contributed by atoms with Crippen molar-refractivity contribution in [3.63, 3.8) is 0 Å². The van der Waals surface area contributed by atoms with Gasteiger partial charge in [0.05, 0.1) is 0 Å². The van der Waals surface area contributed by atoms with Gasteiger partial charge in [-0.15, -0.1) is 0 Å². The highest BCUT2D eigenvalue weighted by Gasteiger charge is 2.15. The third-order valence-corrected chi connectivity index (χ3v) is 8.69. The first kappa shape index (κ1) is 29.7. The second-order valence-corrected chi connectivity index (χ2v) is 11.9. The van der Waals surface area contributed by atoms with E-state index in [2.05, 4.69) is 156 Å². The Morgan fingerprint density at radius 3 is 1.02 bits per heavy atom. The van der Waals surface area contributed by atoms with E-state index in [1.165, 1.54) is 27.8 Å². The molecule has 0 fully saturated rings. The normalized spacial score (nSPS) is 10.9. The summed E-state index contributed by atoms with van der Waals surface area (Å²) >= 11 is 0. The highest BCUT2D eigenvalue weighted by Crippen LogP contribution is 2.38. The molecule has 4 heteroatoms. The summed E-state index contributed by atoms with van der Waals surface area (Å²) in [5.74, 6) is 0. The fraction of sp³-hybridized carbons (Fsp3) is 0.0698. The van der Waals surface area contributed by atoms with Crippen molar-refractivity contribution >= 4 is 34.1 Å². The average molecular weight is 609 g/mol. The van der Waals surface area contributed by atoms with Gasteiger partial charge in [0, 0.05) is 58.9 Å². The van der Waals surface area contributed by atoms with Gasteiger partial charge in [-0.2, -0.15) is 0 Å². The Morgan fingerprint density at radius 2 is 0.638 bits per heavy atom. The molecule has 0 aliphatic heterocycles. The molecule has 228 valence electrons. The van der Waals surface area contributed by atoms with Crippen LogP contribution < -0.4 is 9.80 Å². The maximum atomic E-state index is 4.26. The van der Waals surface area contributed by atoms with Gasteiger partial charge in [-0.1, -0.05) is 72.3 Å². The summed E-state index contributed by atoms with van der Waals surface area (Å²) in [7, 11) is 0. The van der Waals surface area contributed by atoms with E-state index >= 15 is 0 Å². The molecule has 4 nitrogen and oxygen atoms in total. The third-order valence-electron chi connectivity index (χ3n) is 8.69. The summed E-state index contributed by atoms with van der Waals surface area (Å²) in [5.41, 5.74) is 15.1. The van der Waals surface area contributed by atoms with E-state index in [9.17, 15) is 0 Å². The molecule has 47 heavy (non-hydrogen) atoms. The van der Waals surface area contributed by atoms with Crippen LogP contribution in [0.5, 0.6) is 0 Å². The fourth-order valence-corrected chi connectivity index (χ4v) is 5.90. The topological polar surface area (TPSA) is 32.3 Å². The minimum atomic E-state index is 1.06. The van der Waals surface area contributed by atoms with Crippen LogP contribution in [0, 0.1) is 20.8 Å². The molecule has 0 radical (unpaired) electrons. The van der Waals surface area contributed by atoms with E-state index in [0.717, 1.165) is 45.3 Å². The molecule has 7 rings (SSSR count). The molecule has 0 unspecified atom stereocenters. The molecular formula is C43H36N4. The zero-order valence-corrected chi connectivity index (χ0v) is 26.9. The highest BCUT2D eigenvalue weighted by molar-refractivity contribution is 5.81. The maximum absolute atomic E-state index is 4.26. The smallest absolute Gasteiger partial charge is 0.0492 e. The number of aryl methyl sites for hydroxylation is 3. The highest BCUT2D eigenvalue weighted by atomic mass is 15.1. The molecule has 7 aromatic rings. The van der Waals surface area contributed by atoms with Crippen molar-refractivity contribution in [3.05, 3.63) is 181 Å². The Balaban J connectivity index is 1.18. The molecule has 0 amide bonds. The van der Waals surface area contributed by atoms with Crippen LogP contribution in [-0.2, 0) is 0 Å².